The summed E-state index contributed by atoms with van der Waals surface area (Å²) in [5.74, 6) is 2.24. The third kappa shape index (κ3) is 2.44. The fraction of sp³-hybridized carbons (Fsp3) is 0.333. The topological polar surface area (TPSA) is 0 Å². The van der Waals surface area contributed by atoms with Crippen LogP contribution in [0.2, 0.25) is 0 Å². The highest BCUT2D eigenvalue weighted by atomic mass is 14.4. The minimum Gasteiger partial charge on any atom is -0.0726 e. The molecule has 0 aromatic heterocycles. The molecule has 0 amide bonds. The first-order valence-electron chi connectivity index (χ1n) is 8.24. The summed E-state index contributed by atoms with van der Waals surface area (Å²) in [7, 11) is 0. The molecule has 0 N–H and O–H groups in total. The van der Waals surface area contributed by atoms with Gasteiger partial charge >= 0.3 is 0 Å². The van der Waals surface area contributed by atoms with Gasteiger partial charge in [0.15, 0.2) is 0 Å². The number of rotatable bonds is 2. The molecule has 0 heterocycles. The van der Waals surface area contributed by atoms with Gasteiger partial charge in [0, 0.05) is 5.92 Å². The van der Waals surface area contributed by atoms with Gasteiger partial charge in [0.25, 0.3) is 0 Å². The summed E-state index contributed by atoms with van der Waals surface area (Å²) in [5.41, 5.74) is 4.53. The summed E-state index contributed by atoms with van der Waals surface area (Å²) in [5, 5.41) is 0. The van der Waals surface area contributed by atoms with E-state index in [4.69, 9.17) is 0 Å². The van der Waals surface area contributed by atoms with Crippen LogP contribution in [-0.2, 0) is 0 Å². The van der Waals surface area contributed by atoms with Gasteiger partial charge in [-0.25, -0.2) is 0 Å². The van der Waals surface area contributed by atoms with Gasteiger partial charge in [-0.3, -0.25) is 0 Å². The molecule has 2 aliphatic carbocycles. The predicted molar refractivity (Wildman–Crippen MR) is 89.1 cm³/mol. The van der Waals surface area contributed by atoms with Crippen LogP contribution in [-0.4, -0.2) is 0 Å². The van der Waals surface area contributed by atoms with Crippen LogP contribution >= 0.6 is 0 Å². The van der Waals surface area contributed by atoms with Crippen molar-refractivity contribution in [3.63, 3.8) is 0 Å². The van der Waals surface area contributed by atoms with Gasteiger partial charge in [0.2, 0.25) is 0 Å². The molecule has 0 saturated heterocycles. The zero-order valence-corrected chi connectivity index (χ0v) is 12.4. The number of benzene rings is 2. The molecule has 0 radical (unpaired) electrons. The van der Waals surface area contributed by atoms with Crippen molar-refractivity contribution in [2.75, 3.05) is 0 Å². The van der Waals surface area contributed by atoms with Crippen LogP contribution in [0.3, 0.4) is 0 Å². The Labute approximate surface area is 127 Å². The van der Waals surface area contributed by atoms with Gasteiger partial charge in [0.05, 0.1) is 0 Å². The first kappa shape index (κ1) is 12.9. The van der Waals surface area contributed by atoms with Crippen molar-refractivity contribution in [1.29, 1.82) is 0 Å². The van der Waals surface area contributed by atoms with Crippen molar-refractivity contribution < 1.29 is 0 Å². The highest BCUT2D eigenvalue weighted by molar-refractivity contribution is 5.69. The SMILES string of the molecule is C1=C(c2ccccc2)[C@@H]2CCC[C@@H](C2)[C@@H]1c1ccccc1. The monoisotopic (exact) mass is 274 g/mol. The molecule has 2 aliphatic rings. The molecule has 21 heavy (non-hydrogen) atoms. The van der Waals surface area contributed by atoms with Crippen LogP contribution in [0.4, 0.5) is 0 Å². The van der Waals surface area contributed by atoms with E-state index < -0.39 is 0 Å². The number of hydrogen-bond donors (Lipinski definition) is 0. The summed E-state index contributed by atoms with van der Waals surface area (Å²) in [4.78, 5) is 0. The molecule has 0 nitrogen and oxygen atoms in total. The first-order valence-corrected chi connectivity index (χ1v) is 8.24. The Morgan fingerprint density at radius 3 is 2.24 bits per heavy atom. The van der Waals surface area contributed by atoms with Gasteiger partial charge < -0.3 is 0 Å². The Morgan fingerprint density at radius 2 is 1.48 bits per heavy atom. The Hall–Kier alpha value is -1.82. The zero-order chi connectivity index (χ0) is 14.1. The van der Waals surface area contributed by atoms with Gasteiger partial charge in [-0.15, -0.1) is 0 Å². The van der Waals surface area contributed by atoms with Crippen molar-refractivity contribution in [1.82, 2.24) is 0 Å². The van der Waals surface area contributed by atoms with E-state index in [1.165, 1.54) is 36.8 Å². The fourth-order valence-corrected chi connectivity index (χ4v) is 4.31. The highest BCUT2D eigenvalue weighted by Crippen LogP contribution is 2.49. The quantitative estimate of drug-likeness (QED) is 0.661. The molecule has 3 atom stereocenters. The Morgan fingerprint density at radius 1 is 0.762 bits per heavy atom. The maximum Gasteiger partial charge on any atom is 0.00526 e. The second-order valence-corrected chi connectivity index (χ2v) is 6.55. The lowest BCUT2D eigenvalue weighted by atomic mass is 9.64. The summed E-state index contributed by atoms with van der Waals surface area (Å²) >= 11 is 0. The van der Waals surface area contributed by atoms with E-state index >= 15 is 0 Å². The summed E-state index contributed by atoms with van der Waals surface area (Å²) < 4.78 is 0. The zero-order valence-electron chi connectivity index (χ0n) is 12.4. The fourth-order valence-electron chi connectivity index (χ4n) is 4.31. The van der Waals surface area contributed by atoms with Crippen molar-refractivity contribution in [2.45, 2.75) is 31.6 Å². The number of fused-ring (bicyclic) bond motifs is 2. The van der Waals surface area contributed by atoms with E-state index in [2.05, 4.69) is 66.7 Å². The molecule has 2 bridgehead atoms. The maximum absolute atomic E-state index is 2.59. The van der Waals surface area contributed by atoms with E-state index in [9.17, 15) is 0 Å². The van der Waals surface area contributed by atoms with E-state index in [1.54, 1.807) is 5.57 Å². The van der Waals surface area contributed by atoms with E-state index in [-0.39, 0.29) is 0 Å². The van der Waals surface area contributed by atoms with E-state index in [0.29, 0.717) is 5.92 Å². The van der Waals surface area contributed by atoms with E-state index in [1.807, 2.05) is 0 Å². The second kappa shape index (κ2) is 5.52. The van der Waals surface area contributed by atoms with Crippen LogP contribution in [0.15, 0.2) is 66.7 Å². The molecule has 0 aliphatic heterocycles. The van der Waals surface area contributed by atoms with Crippen molar-refractivity contribution in [3.8, 4) is 0 Å². The van der Waals surface area contributed by atoms with Crippen LogP contribution in [0.25, 0.3) is 5.57 Å². The van der Waals surface area contributed by atoms with Crippen molar-refractivity contribution in [3.05, 3.63) is 77.9 Å². The molecule has 0 unspecified atom stereocenters. The molecular weight excluding hydrogens is 252 g/mol. The normalized spacial score (nSPS) is 28.0. The lowest BCUT2D eigenvalue weighted by Gasteiger charge is -2.40. The number of allylic oxidation sites excluding steroid dienone is 2. The molecule has 1 fully saturated rings. The van der Waals surface area contributed by atoms with Gasteiger partial charge in [-0.2, -0.15) is 0 Å². The van der Waals surface area contributed by atoms with Crippen molar-refractivity contribution >= 4 is 5.57 Å². The van der Waals surface area contributed by atoms with Crippen LogP contribution in [0, 0.1) is 11.8 Å². The molecule has 4 rings (SSSR count). The second-order valence-electron chi connectivity index (χ2n) is 6.55. The largest absolute Gasteiger partial charge is 0.0726 e. The Kier molecular flexibility index (Phi) is 3.39. The highest BCUT2D eigenvalue weighted by Gasteiger charge is 2.34. The van der Waals surface area contributed by atoms with Crippen LogP contribution in [0.1, 0.15) is 42.7 Å². The third-order valence-electron chi connectivity index (χ3n) is 5.31. The number of hydrogen-bond acceptors (Lipinski definition) is 0. The standard InChI is InChI=1S/C21H22/c1-3-8-16(9-4-1)20-15-21(17-10-5-2-6-11-17)19-13-7-12-18(20)14-19/h1-6,8-11,15,18-20H,7,12-14H2/t18-,19+,20-/m0/s1. The average molecular weight is 274 g/mol. The molecule has 0 spiro atoms. The van der Waals surface area contributed by atoms with Gasteiger partial charge in [-0.05, 0) is 47.8 Å². The predicted octanol–water partition coefficient (Wildman–Crippen LogP) is 5.67. The molecule has 1 saturated carbocycles. The van der Waals surface area contributed by atoms with Crippen LogP contribution < -0.4 is 0 Å². The smallest absolute Gasteiger partial charge is 0.00526 e. The van der Waals surface area contributed by atoms with Gasteiger partial charge in [0.1, 0.15) is 0 Å². The summed E-state index contributed by atoms with van der Waals surface area (Å²) in [6.07, 6.45) is 8.12. The molecule has 106 valence electrons. The average Bonchev–Trinajstić information content (AvgIpc) is 2.57. The van der Waals surface area contributed by atoms with E-state index in [0.717, 1.165) is 11.8 Å². The lowest BCUT2D eigenvalue weighted by molar-refractivity contribution is 0.275. The molecular formula is C21H22. The molecule has 0 heteroatoms. The third-order valence-corrected chi connectivity index (χ3v) is 5.31. The minimum absolute atomic E-state index is 0.609. The van der Waals surface area contributed by atoms with Gasteiger partial charge in [-0.1, -0.05) is 73.2 Å². The van der Waals surface area contributed by atoms with Crippen molar-refractivity contribution in [2.24, 2.45) is 11.8 Å². The Bertz CT molecular complexity index is 624. The Balaban J connectivity index is 1.78. The minimum atomic E-state index is 0.609. The first-order chi connectivity index (χ1) is 10.4. The lowest BCUT2D eigenvalue weighted by Crippen LogP contribution is -2.26. The molecule has 2 aromatic rings. The maximum atomic E-state index is 2.59. The summed E-state index contributed by atoms with van der Waals surface area (Å²) in [6.45, 7) is 0. The van der Waals surface area contributed by atoms with Crippen LogP contribution in [0.5, 0.6) is 0 Å². The molecule has 2 aromatic carbocycles. The summed E-state index contributed by atoms with van der Waals surface area (Å²) in [6, 6.07) is 22.1.